The number of hydrogen-bond donors (Lipinski definition) is 2. The molecule has 1 atom stereocenters. The molecule has 7 nitrogen and oxygen atoms in total. The van der Waals surface area contributed by atoms with E-state index >= 15 is 0 Å². The van der Waals surface area contributed by atoms with Gasteiger partial charge in [-0.1, -0.05) is 12.1 Å². The maximum absolute atomic E-state index is 14.4. The first-order chi connectivity index (χ1) is 14.6. The van der Waals surface area contributed by atoms with Crippen LogP contribution in [0.15, 0.2) is 47.6 Å². The number of ether oxygens (including phenoxy) is 1. The fraction of sp³-hybridized carbons (Fsp3) is 0.409. The second-order valence-corrected chi connectivity index (χ2v) is 7.60. The Kier molecular flexibility index (Phi) is 8.05. The number of guanidine groups is 1. The molecule has 3 aromatic rings. The molecule has 1 aliphatic rings. The molecule has 0 bridgehead atoms. The molecule has 0 amide bonds. The summed E-state index contributed by atoms with van der Waals surface area (Å²) in [4.78, 5) is 4.26. The second-order valence-electron chi connectivity index (χ2n) is 7.60. The minimum atomic E-state index is -0.330. The summed E-state index contributed by atoms with van der Waals surface area (Å²) in [7, 11) is 1.71. The summed E-state index contributed by atoms with van der Waals surface area (Å²) in [6, 6.07) is 10.8. The summed E-state index contributed by atoms with van der Waals surface area (Å²) in [6.07, 6.45) is 5.01. The van der Waals surface area contributed by atoms with Crippen LogP contribution in [0.4, 0.5) is 4.39 Å². The van der Waals surface area contributed by atoms with Crippen LogP contribution in [0.3, 0.4) is 0 Å². The standard InChI is InChI=1S/C22H27FN6O.HI/c1-15(17-8-9-19(18(23)13-17)30-14-16-6-7-16)26-22(24-2)25-11-10-21-28-27-20-5-3-4-12-29(20)21;/h3-5,8-9,12-13,15-16H,6-7,10-11,14H2,1-2H3,(H2,24,25,26);1H. The third-order valence-electron chi connectivity index (χ3n) is 5.23. The van der Waals surface area contributed by atoms with Crippen molar-refractivity contribution in [3.8, 4) is 5.75 Å². The zero-order valence-corrected chi connectivity index (χ0v) is 20.0. The number of fused-ring (bicyclic) bond motifs is 1. The lowest BCUT2D eigenvalue weighted by Gasteiger charge is -2.19. The number of halogens is 2. The number of nitrogens with zero attached hydrogens (tertiary/aromatic N) is 4. The first kappa shape index (κ1) is 23.2. The van der Waals surface area contributed by atoms with E-state index in [2.05, 4.69) is 25.8 Å². The molecule has 4 rings (SSSR count). The summed E-state index contributed by atoms with van der Waals surface area (Å²) in [5.41, 5.74) is 1.66. The highest BCUT2D eigenvalue weighted by molar-refractivity contribution is 14.0. The van der Waals surface area contributed by atoms with Gasteiger partial charge in [0.15, 0.2) is 23.2 Å². The molecule has 166 valence electrons. The fourth-order valence-electron chi connectivity index (χ4n) is 3.23. The van der Waals surface area contributed by atoms with Gasteiger partial charge in [0, 0.05) is 26.2 Å². The van der Waals surface area contributed by atoms with Crippen LogP contribution in [0.25, 0.3) is 5.65 Å². The smallest absolute Gasteiger partial charge is 0.191 e. The van der Waals surface area contributed by atoms with Crippen LogP contribution in [0.1, 0.15) is 37.2 Å². The van der Waals surface area contributed by atoms with Crippen molar-refractivity contribution in [1.82, 2.24) is 25.2 Å². The maximum atomic E-state index is 14.4. The van der Waals surface area contributed by atoms with Gasteiger partial charge in [-0.3, -0.25) is 9.39 Å². The highest BCUT2D eigenvalue weighted by atomic mass is 127. The van der Waals surface area contributed by atoms with Crippen LogP contribution in [0.5, 0.6) is 5.75 Å². The molecule has 0 saturated heterocycles. The Hall–Kier alpha value is -2.43. The summed E-state index contributed by atoms with van der Waals surface area (Å²) in [5, 5.41) is 15.0. The lowest BCUT2D eigenvalue weighted by Crippen LogP contribution is -2.39. The van der Waals surface area contributed by atoms with Gasteiger partial charge in [-0.25, -0.2) is 4.39 Å². The molecule has 2 heterocycles. The largest absolute Gasteiger partial charge is 0.490 e. The van der Waals surface area contributed by atoms with Gasteiger partial charge in [-0.15, -0.1) is 34.2 Å². The van der Waals surface area contributed by atoms with E-state index in [0.717, 1.165) is 17.0 Å². The number of pyridine rings is 1. The molecule has 1 saturated carbocycles. The quantitative estimate of drug-likeness (QED) is 0.260. The average Bonchev–Trinajstić information content (AvgIpc) is 3.51. The van der Waals surface area contributed by atoms with Crippen molar-refractivity contribution in [3.63, 3.8) is 0 Å². The molecule has 1 unspecified atom stereocenters. The van der Waals surface area contributed by atoms with Crippen LogP contribution >= 0.6 is 24.0 Å². The van der Waals surface area contributed by atoms with Crippen molar-refractivity contribution in [3.05, 3.63) is 59.8 Å². The molecular formula is C22H28FIN6O. The molecule has 0 aliphatic heterocycles. The molecule has 0 spiro atoms. The Balaban J connectivity index is 0.00000272. The minimum absolute atomic E-state index is 0. The number of hydrogen-bond acceptors (Lipinski definition) is 4. The predicted octanol–water partition coefficient (Wildman–Crippen LogP) is 3.74. The van der Waals surface area contributed by atoms with E-state index in [-0.39, 0.29) is 35.8 Å². The van der Waals surface area contributed by atoms with Crippen LogP contribution < -0.4 is 15.4 Å². The summed E-state index contributed by atoms with van der Waals surface area (Å²) in [5.74, 6) is 2.11. The van der Waals surface area contributed by atoms with Gasteiger partial charge < -0.3 is 15.4 Å². The van der Waals surface area contributed by atoms with E-state index in [9.17, 15) is 4.39 Å². The molecular weight excluding hydrogens is 510 g/mol. The lowest BCUT2D eigenvalue weighted by atomic mass is 10.1. The predicted molar refractivity (Wildman–Crippen MR) is 130 cm³/mol. The van der Waals surface area contributed by atoms with E-state index in [0.29, 0.717) is 37.2 Å². The number of nitrogens with one attached hydrogen (secondary N) is 2. The first-order valence-electron chi connectivity index (χ1n) is 10.3. The monoisotopic (exact) mass is 538 g/mol. The minimum Gasteiger partial charge on any atom is -0.490 e. The van der Waals surface area contributed by atoms with Gasteiger partial charge in [-0.2, -0.15) is 0 Å². The molecule has 0 radical (unpaired) electrons. The number of rotatable bonds is 8. The van der Waals surface area contributed by atoms with Gasteiger partial charge in [0.2, 0.25) is 0 Å². The highest BCUT2D eigenvalue weighted by Gasteiger charge is 2.22. The number of aromatic nitrogens is 3. The van der Waals surface area contributed by atoms with Crippen molar-refractivity contribution >= 4 is 35.6 Å². The molecule has 1 fully saturated rings. The Labute approximate surface area is 198 Å². The van der Waals surface area contributed by atoms with Gasteiger partial charge in [0.05, 0.1) is 12.6 Å². The Morgan fingerprint density at radius 3 is 2.87 bits per heavy atom. The fourth-order valence-corrected chi connectivity index (χ4v) is 3.23. The molecule has 2 aromatic heterocycles. The van der Waals surface area contributed by atoms with Crippen molar-refractivity contribution in [2.24, 2.45) is 10.9 Å². The number of benzene rings is 1. The third-order valence-corrected chi connectivity index (χ3v) is 5.23. The molecule has 1 aromatic carbocycles. The molecule has 31 heavy (non-hydrogen) atoms. The Bertz CT molecular complexity index is 1040. The van der Waals surface area contributed by atoms with Crippen LogP contribution in [0, 0.1) is 11.7 Å². The van der Waals surface area contributed by atoms with Gasteiger partial charge in [0.1, 0.15) is 5.82 Å². The van der Waals surface area contributed by atoms with Crippen LogP contribution in [0.2, 0.25) is 0 Å². The van der Waals surface area contributed by atoms with Crippen molar-refractivity contribution < 1.29 is 9.13 Å². The van der Waals surface area contributed by atoms with E-state index in [4.69, 9.17) is 4.74 Å². The van der Waals surface area contributed by atoms with E-state index in [1.165, 1.54) is 18.9 Å². The van der Waals surface area contributed by atoms with Gasteiger partial charge in [-0.05, 0) is 55.5 Å². The van der Waals surface area contributed by atoms with Gasteiger partial charge in [0.25, 0.3) is 0 Å². The lowest BCUT2D eigenvalue weighted by molar-refractivity contribution is 0.285. The third kappa shape index (κ3) is 6.05. The normalized spacial score (nSPS) is 14.7. The van der Waals surface area contributed by atoms with Crippen molar-refractivity contribution in [2.45, 2.75) is 32.2 Å². The topological polar surface area (TPSA) is 75.8 Å². The zero-order chi connectivity index (χ0) is 20.9. The summed E-state index contributed by atoms with van der Waals surface area (Å²) < 4.78 is 21.9. The van der Waals surface area contributed by atoms with Crippen molar-refractivity contribution in [2.75, 3.05) is 20.2 Å². The van der Waals surface area contributed by atoms with Crippen LogP contribution in [-0.4, -0.2) is 40.8 Å². The van der Waals surface area contributed by atoms with Crippen molar-refractivity contribution in [1.29, 1.82) is 0 Å². The van der Waals surface area contributed by atoms with E-state index in [1.807, 2.05) is 41.8 Å². The zero-order valence-electron chi connectivity index (χ0n) is 17.7. The van der Waals surface area contributed by atoms with E-state index < -0.39 is 0 Å². The molecule has 2 N–H and O–H groups in total. The van der Waals surface area contributed by atoms with Crippen LogP contribution in [-0.2, 0) is 6.42 Å². The average molecular weight is 538 g/mol. The molecule has 1 aliphatic carbocycles. The van der Waals surface area contributed by atoms with E-state index in [1.54, 1.807) is 13.1 Å². The highest BCUT2D eigenvalue weighted by Crippen LogP contribution is 2.30. The Morgan fingerprint density at radius 1 is 1.29 bits per heavy atom. The Morgan fingerprint density at radius 2 is 2.13 bits per heavy atom. The number of aliphatic imine (C=N–C) groups is 1. The first-order valence-corrected chi connectivity index (χ1v) is 10.3. The van der Waals surface area contributed by atoms with Gasteiger partial charge >= 0.3 is 0 Å². The maximum Gasteiger partial charge on any atom is 0.191 e. The summed E-state index contributed by atoms with van der Waals surface area (Å²) in [6.45, 7) is 3.21. The second kappa shape index (κ2) is 10.7. The SMILES string of the molecule is CN=C(NCCc1nnc2ccccn12)NC(C)c1ccc(OCC2CC2)c(F)c1.I. The molecule has 9 heteroatoms. The summed E-state index contributed by atoms with van der Waals surface area (Å²) >= 11 is 0.